The fourth-order valence-corrected chi connectivity index (χ4v) is 4.05. The first kappa shape index (κ1) is 18.6. The summed E-state index contributed by atoms with van der Waals surface area (Å²) in [6.45, 7) is 1.81. The fourth-order valence-electron chi connectivity index (χ4n) is 3.12. The van der Waals surface area contributed by atoms with Gasteiger partial charge in [0.15, 0.2) is 11.5 Å². The molecule has 2 aromatic rings. The Morgan fingerprint density at radius 3 is 2.38 bits per heavy atom. The highest BCUT2D eigenvalue weighted by molar-refractivity contribution is 7.99. The molecule has 0 aliphatic carbocycles. The van der Waals surface area contributed by atoms with Crippen molar-refractivity contribution >= 4 is 23.4 Å². The summed E-state index contributed by atoms with van der Waals surface area (Å²) >= 11 is 1.93. The molecule has 1 aliphatic heterocycles. The van der Waals surface area contributed by atoms with Gasteiger partial charge in [0.1, 0.15) is 6.04 Å². The minimum absolute atomic E-state index is 0.0321. The summed E-state index contributed by atoms with van der Waals surface area (Å²) in [5.41, 5.74) is 1.71. The van der Waals surface area contributed by atoms with E-state index in [2.05, 4.69) is 10.2 Å². The molecular weight excluding hydrogens is 348 g/mol. The Labute approximate surface area is 158 Å². The Hall–Kier alpha value is -2.18. The zero-order valence-corrected chi connectivity index (χ0v) is 15.9. The zero-order valence-electron chi connectivity index (χ0n) is 15.1. The molecule has 0 spiro atoms. The molecule has 0 aromatic heterocycles. The van der Waals surface area contributed by atoms with E-state index >= 15 is 0 Å². The number of amides is 1. The molecule has 0 saturated carbocycles. The van der Waals surface area contributed by atoms with Crippen LogP contribution >= 0.6 is 11.8 Å². The molecule has 1 N–H and O–H groups in total. The average Bonchev–Trinajstić information content (AvgIpc) is 2.69. The number of benzene rings is 2. The summed E-state index contributed by atoms with van der Waals surface area (Å²) in [6.07, 6.45) is 0. The number of ether oxygens (including phenoxy) is 2. The molecule has 0 radical (unpaired) electrons. The predicted octanol–water partition coefficient (Wildman–Crippen LogP) is 3.43. The van der Waals surface area contributed by atoms with E-state index < -0.39 is 0 Å². The molecule has 0 bridgehead atoms. The van der Waals surface area contributed by atoms with Crippen molar-refractivity contribution in [2.45, 2.75) is 6.04 Å². The standard InChI is InChI=1S/C20H24N2O3S/c1-24-17-9-8-16(14-18(17)25-2)21-20(23)19(15-6-4-3-5-7-15)22-10-12-26-13-11-22/h3-9,14,19H,10-13H2,1-2H3,(H,21,23)/t19-/m0/s1. The molecular formula is C20H24N2O3S. The maximum absolute atomic E-state index is 13.1. The first-order chi connectivity index (χ1) is 12.7. The van der Waals surface area contributed by atoms with Crippen molar-refractivity contribution in [3.63, 3.8) is 0 Å². The summed E-state index contributed by atoms with van der Waals surface area (Å²) in [7, 11) is 3.18. The third-order valence-electron chi connectivity index (χ3n) is 4.43. The van der Waals surface area contributed by atoms with Gasteiger partial charge in [-0.3, -0.25) is 9.69 Å². The van der Waals surface area contributed by atoms with Crippen LogP contribution in [0.4, 0.5) is 5.69 Å². The molecule has 0 unspecified atom stereocenters. The lowest BCUT2D eigenvalue weighted by molar-refractivity contribution is -0.121. The molecule has 2 aromatic carbocycles. The Morgan fingerprint density at radius 1 is 1.04 bits per heavy atom. The van der Waals surface area contributed by atoms with Crippen LogP contribution in [-0.2, 0) is 4.79 Å². The van der Waals surface area contributed by atoms with Gasteiger partial charge < -0.3 is 14.8 Å². The molecule has 138 valence electrons. The monoisotopic (exact) mass is 372 g/mol. The van der Waals surface area contributed by atoms with Crippen LogP contribution in [0.2, 0.25) is 0 Å². The first-order valence-electron chi connectivity index (χ1n) is 8.62. The van der Waals surface area contributed by atoms with Crippen LogP contribution in [0.3, 0.4) is 0 Å². The van der Waals surface area contributed by atoms with E-state index in [1.165, 1.54) is 0 Å². The number of hydrogen-bond donors (Lipinski definition) is 1. The number of methoxy groups -OCH3 is 2. The summed E-state index contributed by atoms with van der Waals surface area (Å²) in [4.78, 5) is 15.4. The largest absolute Gasteiger partial charge is 0.493 e. The Morgan fingerprint density at radius 2 is 1.73 bits per heavy atom. The average molecular weight is 372 g/mol. The molecule has 26 heavy (non-hydrogen) atoms. The first-order valence-corrected chi connectivity index (χ1v) is 9.78. The summed E-state index contributed by atoms with van der Waals surface area (Å²) in [6, 6.07) is 15.1. The molecule has 6 heteroatoms. The minimum Gasteiger partial charge on any atom is -0.493 e. The smallest absolute Gasteiger partial charge is 0.246 e. The van der Waals surface area contributed by atoms with Gasteiger partial charge in [-0.25, -0.2) is 0 Å². The zero-order chi connectivity index (χ0) is 18.4. The molecule has 3 rings (SSSR count). The third kappa shape index (κ3) is 4.31. The normalized spacial score (nSPS) is 15.9. The van der Waals surface area contributed by atoms with E-state index in [0.29, 0.717) is 17.2 Å². The number of anilines is 1. The number of thioether (sulfide) groups is 1. The third-order valence-corrected chi connectivity index (χ3v) is 5.37. The van der Waals surface area contributed by atoms with Crippen molar-refractivity contribution in [1.82, 2.24) is 4.90 Å². The highest BCUT2D eigenvalue weighted by Crippen LogP contribution is 2.31. The summed E-state index contributed by atoms with van der Waals surface area (Å²) in [5.74, 6) is 3.30. The van der Waals surface area contributed by atoms with Gasteiger partial charge in [0, 0.05) is 36.3 Å². The van der Waals surface area contributed by atoms with Gasteiger partial charge >= 0.3 is 0 Å². The molecule has 1 atom stereocenters. The maximum atomic E-state index is 13.1. The van der Waals surface area contributed by atoms with E-state index in [-0.39, 0.29) is 11.9 Å². The van der Waals surface area contributed by atoms with Gasteiger partial charge in [0.2, 0.25) is 5.91 Å². The SMILES string of the molecule is COc1ccc(NC(=O)[C@H](c2ccccc2)N2CCSCC2)cc1OC. The number of nitrogens with one attached hydrogen (secondary N) is 1. The van der Waals surface area contributed by atoms with E-state index in [9.17, 15) is 4.79 Å². The van der Waals surface area contributed by atoms with Gasteiger partial charge in [-0.05, 0) is 17.7 Å². The molecule has 1 heterocycles. The topological polar surface area (TPSA) is 50.8 Å². The van der Waals surface area contributed by atoms with Crippen molar-refractivity contribution in [2.75, 3.05) is 44.1 Å². The number of nitrogens with zero attached hydrogens (tertiary/aromatic N) is 1. The van der Waals surface area contributed by atoms with E-state index in [1.807, 2.05) is 48.2 Å². The maximum Gasteiger partial charge on any atom is 0.246 e. The molecule has 5 nitrogen and oxygen atoms in total. The van der Waals surface area contributed by atoms with Gasteiger partial charge in [-0.1, -0.05) is 30.3 Å². The minimum atomic E-state index is -0.301. The summed E-state index contributed by atoms with van der Waals surface area (Å²) < 4.78 is 10.6. The quantitative estimate of drug-likeness (QED) is 0.842. The molecule has 1 fully saturated rings. The number of carbonyl (C=O) groups excluding carboxylic acids is 1. The Kier molecular flexibility index (Phi) is 6.41. The number of rotatable bonds is 6. The Bertz CT molecular complexity index is 733. The molecule has 1 aliphatic rings. The van der Waals surface area contributed by atoms with Gasteiger partial charge in [-0.2, -0.15) is 11.8 Å². The van der Waals surface area contributed by atoms with Crippen molar-refractivity contribution in [2.24, 2.45) is 0 Å². The fraction of sp³-hybridized carbons (Fsp3) is 0.350. The predicted molar refractivity (Wildman–Crippen MR) is 106 cm³/mol. The van der Waals surface area contributed by atoms with Crippen LogP contribution in [0, 0.1) is 0 Å². The van der Waals surface area contributed by atoms with E-state index in [0.717, 1.165) is 30.2 Å². The second-order valence-electron chi connectivity index (χ2n) is 6.02. The molecule has 1 amide bonds. The number of carbonyl (C=O) groups is 1. The highest BCUT2D eigenvalue weighted by atomic mass is 32.2. The van der Waals surface area contributed by atoms with Crippen molar-refractivity contribution < 1.29 is 14.3 Å². The van der Waals surface area contributed by atoms with E-state index in [1.54, 1.807) is 26.4 Å². The molecule has 1 saturated heterocycles. The van der Waals surface area contributed by atoms with Gasteiger partial charge in [0.05, 0.1) is 14.2 Å². The van der Waals surface area contributed by atoms with Gasteiger partial charge in [0.25, 0.3) is 0 Å². The van der Waals surface area contributed by atoms with Crippen LogP contribution in [0.1, 0.15) is 11.6 Å². The second-order valence-corrected chi connectivity index (χ2v) is 7.25. The van der Waals surface area contributed by atoms with Crippen LogP contribution in [0.5, 0.6) is 11.5 Å². The van der Waals surface area contributed by atoms with Gasteiger partial charge in [-0.15, -0.1) is 0 Å². The van der Waals surface area contributed by atoms with Crippen LogP contribution < -0.4 is 14.8 Å². The van der Waals surface area contributed by atoms with Crippen molar-refractivity contribution in [3.8, 4) is 11.5 Å². The van der Waals surface area contributed by atoms with Crippen LogP contribution in [-0.4, -0.2) is 49.6 Å². The Balaban J connectivity index is 1.83. The summed E-state index contributed by atoms with van der Waals surface area (Å²) in [5, 5.41) is 3.04. The van der Waals surface area contributed by atoms with Crippen LogP contribution in [0.15, 0.2) is 48.5 Å². The number of hydrogen-bond acceptors (Lipinski definition) is 5. The van der Waals surface area contributed by atoms with E-state index in [4.69, 9.17) is 9.47 Å². The second kappa shape index (κ2) is 8.96. The lowest BCUT2D eigenvalue weighted by atomic mass is 10.0. The lowest BCUT2D eigenvalue weighted by Gasteiger charge is -2.33. The van der Waals surface area contributed by atoms with Crippen molar-refractivity contribution in [3.05, 3.63) is 54.1 Å². The highest BCUT2D eigenvalue weighted by Gasteiger charge is 2.29. The van der Waals surface area contributed by atoms with Crippen LogP contribution in [0.25, 0.3) is 0 Å². The van der Waals surface area contributed by atoms with Crippen molar-refractivity contribution in [1.29, 1.82) is 0 Å². The lowest BCUT2D eigenvalue weighted by Crippen LogP contribution is -2.41.